The molecule has 3 fully saturated rings. The van der Waals surface area contributed by atoms with Gasteiger partial charge in [0.25, 0.3) is 11.8 Å². The van der Waals surface area contributed by atoms with Crippen molar-refractivity contribution in [1.82, 2.24) is 9.91 Å². The number of hydrogen-bond acceptors (Lipinski definition) is 8. The van der Waals surface area contributed by atoms with Crippen molar-refractivity contribution < 1.29 is 33.8 Å². The Morgan fingerprint density at radius 2 is 1.58 bits per heavy atom. The van der Waals surface area contributed by atoms with Gasteiger partial charge in [-0.2, -0.15) is 9.91 Å². The number of benzene rings is 4. The van der Waals surface area contributed by atoms with Gasteiger partial charge < -0.3 is 15.6 Å². The first-order valence-electron chi connectivity index (χ1n) is 17.2. The summed E-state index contributed by atoms with van der Waals surface area (Å²) < 4.78 is 6.02. The highest BCUT2D eigenvalue weighted by Gasteiger charge is 2.70. The van der Waals surface area contributed by atoms with Crippen molar-refractivity contribution in [3.8, 4) is 11.5 Å². The topological polar surface area (TPSA) is 159 Å². The molecule has 0 bridgehead atoms. The van der Waals surface area contributed by atoms with Crippen LogP contribution in [0.4, 0.5) is 10.5 Å². The molecule has 6 amide bonds. The van der Waals surface area contributed by atoms with Gasteiger partial charge in [-0.15, -0.1) is 0 Å². The zero-order chi connectivity index (χ0) is 36.3. The molecule has 0 radical (unpaired) electrons. The Balaban J connectivity index is 1.30. The van der Waals surface area contributed by atoms with E-state index in [0.717, 1.165) is 16.1 Å². The largest absolute Gasteiger partial charge is 0.508 e. The van der Waals surface area contributed by atoms with Gasteiger partial charge in [-0.1, -0.05) is 96.1 Å². The van der Waals surface area contributed by atoms with E-state index in [0.29, 0.717) is 33.0 Å². The molecular weight excluding hydrogens is 660 g/mol. The van der Waals surface area contributed by atoms with E-state index < -0.39 is 64.7 Å². The quantitative estimate of drug-likeness (QED) is 0.173. The molecule has 262 valence electrons. The van der Waals surface area contributed by atoms with Gasteiger partial charge >= 0.3 is 6.03 Å². The number of rotatable bonds is 7. The van der Waals surface area contributed by atoms with E-state index in [1.807, 2.05) is 61.5 Å². The SMILES string of the molecule is Cc1ccc(NN2C(=O)C3CC4C(=CCC5C(=O)N(C(N)=O)C(=O)C54)C(c4ccc(OCc5ccccc5)cc4O)C3(c3ccccc3)C2=O)cc1. The second-order valence-corrected chi connectivity index (χ2v) is 13.9. The third-order valence-corrected chi connectivity index (χ3v) is 11.2. The van der Waals surface area contributed by atoms with Gasteiger partial charge in [0.2, 0.25) is 11.8 Å². The molecule has 4 aromatic rings. The second kappa shape index (κ2) is 12.5. The van der Waals surface area contributed by atoms with Crippen LogP contribution in [0, 0.1) is 30.6 Å². The van der Waals surface area contributed by atoms with Gasteiger partial charge in [-0.25, -0.2) is 4.79 Å². The lowest BCUT2D eigenvalue weighted by atomic mass is 9.49. The van der Waals surface area contributed by atoms with E-state index in [1.54, 1.807) is 48.5 Å². The lowest BCUT2D eigenvalue weighted by molar-refractivity contribution is -0.139. The molecule has 4 aromatic carbocycles. The fraction of sp³-hybridized carbons (Fsp3) is 0.244. The maximum atomic E-state index is 15.2. The summed E-state index contributed by atoms with van der Waals surface area (Å²) in [7, 11) is 0. The number of phenolic OH excluding ortho intramolecular Hbond substituents is 1. The number of anilines is 1. The molecule has 52 heavy (non-hydrogen) atoms. The van der Waals surface area contributed by atoms with Crippen LogP contribution in [0.1, 0.15) is 41.0 Å². The van der Waals surface area contributed by atoms with Crippen molar-refractivity contribution in [2.45, 2.75) is 37.7 Å². The molecule has 11 nitrogen and oxygen atoms in total. The summed E-state index contributed by atoms with van der Waals surface area (Å²) in [6.45, 7) is 2.19. The van der Waals surface area contributed by atoms with E-state index in [1.165, 1.54) is 6.07 Å². The summed E-state index contributed by atoms with van der Waals surface area (Å²) in [6.07, 6.45) is 2.00. The molecule has 8 rings (SSSR count). The van der Waals surface area contributed by atoms with Crippen LogP contribution >= 0.6 is 0 Å². The van der Waals surface area contributed by atoms with Crippen LogP contribution in [-0.2, 0) is 31.2 Å². The van der Waals surface area contributed by atoms with Crippen LogP contribution in [0.2, 0.25) is 0 Å². The fourth-order valence-corrected chi connectivity index (χ4v) is 8.91. The number of nitrogens with one attached hydrogen (secondary N) is 1. The Morgan fingerprint density at radius 1 is 0.885 bits per heavy atom. The molecule has 6 unspecified atom stereocenters. The third-order valence-electron chi connectivity index (χ3n) is 11.2. The number of hydrazine groups is 1. The first-order chi connectivity index (χ1) is 25.1. The number of fused-ring (bicyclic) bond motifs is 4. The number of aromatic hydroxyl groups is 1. The molecule has 2 heterocycles. The van der Waals surface area contributed by atoms with Crippen LogP contribution in [-0.4, -0.2) is 44.7 Å². The molecule has 11 heteroatoms. The van der Waals surface area contributed by atoms with E-state index in [2.05, 4.69) is 5.43 Å². The highest BCUT2D eigenvalue weighted by atomic mass is 16.5. The molecule has 2 aliphatic heterocycles. The van der Waals surface area contributed by atoms with Crippen molar-refractivity contribution in [2.75, 3.05) is 5.43 Å². The fourth-order valence-electron chi connectivity index (χ4n) is 8.91. The second-order valence-electron chi connectivity index (χ2n) is 13.9. The zero-order valence-corrected chi connectivity index (χ0v) is 28.3. The minimum absolute atomic E-state index is 0.0414. The van der Waals surface area contributed by atoms with E-state index in [4.69, 9.17) is 10.5 Å². The number of carbonyl (C=O) groups is 5. The van der Waals surface area contributed by atoms with Gasteiger partial charge in [-0.05, 0) is 55.0 Å². The van der Waals surface area contributed by atoms with Gasteiger partial charge in [0.15, 0.2) is 0 Å². The Hall–Kier alpha value is -6.23. The zero-order valence-electron chi connectivity index (χ0n) is 28.3. The Kier molecular flexibility index (Phi) is 7.93. The minimum atomic E-state index is -1.57. The number of aryl methyl sites for hydroxylation is 1. The number of urea groups is 1. The first kappa shape index (κ1) is 32.9. The number of allylic oxidation sites excluding steroid dienone is 2. The van der Waals surface area contributed by atoms with Crippen LogP contribution in [0.3, 0.4) is 0 Å². The average Bonchev–Trinajstić information content (AvgIpc) is 3.53. The molecule has 2 aliphatic carbocycles. The molecule has 4 N–H and O–H groups in total. The van der Waals surface area contributed by atoms with Gasteiger partial charge in [0.05, 0.1) is 28.9 Å². The third kappa shape index (κ3) is 4.98. The molecule has 4 aliphatic rings. The normalized spacial score (nSPS) is 26.4. The smallest absolute Gasteiger partial charge is 0.328 e. The maximum Gasteiger partial charge on any atom is 0.328 e. The number of nitrogens with zero attached hydrogens (tertiary/aromatic N) is 2. The summed E-state index contributed by atoms with van der Waals surface area (Å²) in [5, 5.41) is 12.9. The van der Waals surface area contributed by atoms with Crippen LogP contribution in [0.15, 0.2) is 115 Å². The first-order valence-corrected chi connectivity index (χ1v) is 17.2. The number of likely N-dealkylation sites (tertiary alicyclic amines) is 1. The molecule has 6 atom stereocenters. The van der Waals surface area contributed by atoms with E-state index in [9.17, 15) is 24.3 Å². The number of imide groups is 4. The maximum absolute atomic E-state index is 15.2. The lowest BCUT2D eigenvalue weighted by Gasteiger charge is -2.50. The van der Waals surface area contributed by atoms with Crippen molar-refractivity contribution in [2.24, 2.45) is 29.4 Å². The molecule has 2 saturated heterocycles. The van der Waals surface area contributed by atoms with Crippen molar-refractivity contribution in [3.63, 3.8) is 0 Å². The monoisotopic (exact) mass is 696 g/mol. The predicted octanol–water partition coefficient (Wildman–Crippen LogP) is 5.34. The number of ether oxygens (including phenoxy) is 1. The summed E-state index contributed by atoms with van der Waals surface area (Å²) in [5.74, 6) is -6.70. The number of primary amides is 1. The molecule has 1 saturated carbocycles. The van der Waals surface area contributed by atoms with Crippen LogP contribution in [0.25, 0.3) is 0 Å². The molecule has 0 aromatic heterocycles. The number of amides is 6. The van der Waals surface area contributed by atoms with Crippen molar-refractivity contribution in [3.05, 3.63) is 137 Å². The van der Waals surface area contributed by atoms with Gasteiger partial charge in [-0.3, -0.25) is 24.6 Å². The summed E-state index contributed by atoms with van der Waals surface area (Å²) in [6, 6.07) is 29.6. The van der Waals surface area contributed by atoms with Gasteiger partial charge in [0.1, 0.15) is 18.1 Å². The van der Waals surface area contributed by atoms with E-state index >= 15 is 4.79 Å². The highest BCUT2D eigenvalue weighted by Crippen LogP contribution is 2.65. The summed E-state index contributed by atoms with van der Waals surface area (Å²) >= 11 is 0. The minimum Gasteiger partial charge on any atom is -0.508 e. The van der Waals surface area contributed by atoms with Gasteiger partial charge in [0, 0.05) is 17.5 Å². The Bertz CT molecular complexity index is 2150. The predicted molar refractivity (Wildman–Crippen MR) is 189 cm³/mol. The Morgan fingerprint density at radius 3 is 2.25 bits per heavy atom. The number of phenols is 1. The lowest BCUT2D eigenvalue weighted by Crippen LogP contribution is -2.53. The standard InChI is InChI=1S/C41H36N4O7/c1-23-12-14-26(15-13-23)43-45-37(48)32-21-31-28(18-19-30-34(31)38(49)44(36(30)47)40(42)51)35(41(32,39(45)50)25-10-6-3-7-11-25)29-17-16-27(20-33(29)46)52-22-24-8-4-2-5-9-24/h2-18,20,30-32,34-35,43,46H,19,21-22H2,1H3,(H2,42,51). The highest BCUT2D eigenvalue weighted by molar-refractivity contribution is 6.17. The van der Waals surface area contributed by atoms with Crippen LogP contribution < -0.4 is 15.9 Å². The number of hydrogen-bond donors (Lipinski definition) is 3. The average molecular weight is 697 g/mol. The number of carbonyl (C=O) groups excluding carboxylic acids is 5. The van der Waals surface area contributed by atoms with Crippen molar-refractivity contribution in [1.29, 1.82) is 0 Å². The molecule has 0 spiro atoms. The number of nitrogens with two attached hydrogens (primary N) is 1. The van der Waals surface area contributed by atoms with Crippen LogP contribution in [0.5, 0.6) is 11.5 Å². The summed E-state index contributed by atoms with van der Waals surface area (Å²) in [5.41, 5.74) is 11.0. The summed E-state index contributed by atoms with van der Waals surface area (Å²) in [4.78, 5) is 70.0. The Labute approximate surface area is 299 Å². The molecular formula is C41H36N4O7. The van der Waals surface area contributed by atoms with Crippen molar-refractivity contribution >= 4 is 35.3 Å². The van der Waals surface area contributed by atoms with E-state index in [-0.39, 0.29) is 25.2 Å².